The Bertz CT molecular complexity index is 502. The van der Waals surface area contributed by atoms with E-state index in [9.17, 15) is 0 Å². The maximum atomic E-state index is 6.03. The highest BCUT2D eigenvalue weighted by atomic mass is 32.9. The standard InChI is InChI=1S/C12H18N3PS3/c1-4-14(5-2)16(17)15(13-12(18-3)19-16)11-9-7-6-8-10-11/h6-10H,4-5H2,1-3H3. The summed E-state index contributed by atoms with van der Waals surface area (Å²) in [5, 5.41) is 4.73. The predicted molar refractivity (Wildman–Crippen MR) is 94.7 cm³/mol. The quantitative estimate of drug-likeness (QED) is 0.757. The summed E-state index contributed by atoms with van der Waals surface area (Å²) in [4.78, 5) is 0. The summed E-state index contributed by atoms with van der Waals surface area (Å²) in [6.07, 6.45) is 2.06. The average Bonchev–Trinajstić information content (AvgIpc) is 2.79. The first-order valence-corrected chi connectivity index (χ1v) is 11.5. The van der Waals surface area contributed by atoms with E-state index in [1.54, 1.807) is 23.1 Å². The second kappa shape index (κ2) is 6.64. The van der Waals surface area contributed by atoms with Crippen LogP contribution in [0.2, 0.25) is 0 Å². The number of hydrogen-bond donors (Lipinski definition) is 0. The molecule has 1 aliphatic rings. The van der Waals surface area contributed by atoms with E-state index in [1.807, 2.05) is 18.2 Å². The summed E-state index contributed by atoms with van der Waals surface area (Å²) in [6, 6.07) is 10.3. The third-order valence-corrected chi connectivity index (χ3v) is 11.2. The molecule has 104 valence electrons. The monoisotopic (exact) mass is 331 g/mol. The van der Waals surface area contributed by atoms with E-state index < -0.39 is 5.54 Å². The van der Waals surface area contributed by atoms with Gasteiger partial charge in [0.05, 0.1) is 5.69 Å². The second-order valence-electron chi connectivity index (χ2n) is 3.92. The fraction of sp³-hybridized carbons (Fsp3) is 0.417. The van der Waals surface area contributed by atoms with Gasteiger partial charge in [0, 0.05) is 13.1 Å². The lowest BCUT2D eigenvalue weighted by Crippen LogP contribution is -2.25. The molecule has 0 aliphatic carbocycles. The summed E-state index contributed by atoms with van der Waals surface area (Å²) in [6.45, 7) is 6.25. The molecule has 3 nitrogen and oxygen atoms in total. The van der Waals surface area contributed by atoms with Crippen molar-refractivity contribution in [1.82, 2.24) is 4.67 Å². The molecule has 1 heterocycles. The van der Waals surface area contributed by atoms with Gasteiger partial charge in [-0.1, -0.05) is 32.0 Å². The van der Waals surface area contributed by atoms with Gasteiger partial charge in [0.2, 0.25) is 0 Å². The molecule has 0 bridgehead atoms. The minimum Gasteiger partial charge on any atom is -0.250 e. The van der Waals surface area contributed by atoms with Crippen molar-refractivity contribution in [2.24, 2.45) is 5.10 Å². The van der Waals surface area contributed by atoms with E-state index in [4.69, 9.17) is 16.9 Å². The first-order valence-electron chi connectivity index (χ1n) is 6.19. The third-order valence-electron chi connectivity index (χ3n) is 2.86. The Labute approximate surface area is 128 Å². The molecule has 1 aliphatic heterocycles. The highest BCUT2D eigenvalue weighted by Gasteiger charge is 2.39. The highest BCUT2D eigenvalue weighted by Crippen LogP contribution is 2.70. The average molecular weight is 331 g/mol. The summed E-state index contributed by atoms with van der Waals surface area (Å²) in [5.74, 6) is 0. The number of thioether (sulfide) groups is 1. The fourth-order valence-electron chi connectivity index (χ4n) is 1.89. The van der Waals surface area contributed by atoms with Crippen molar-refractivity contribution < 1.29 is 0 Å². The van der Waals surface area contributed by atoms with Crippen LogP contribution in [0.4, 0.5) is 5.69 Å². The Kier molecular flexibility index (Phi) is 5.37. The zero-order valence-corrected chi connectivity index (χ0v) is 14.7. The summed E-state index contributed by atoms with van der Waals surface area (Å²) in [7, 11) is 0. The molecule has 19 heavy (non-hydrogen) atoms. The van der Waals surface area contributed by atoms with Crippen LogP contribution in [-0.2, 0) is 11.8 Å². The molecular weight excluding hydrogens is 313 g/mol. The van der Waals surface area contributed by atoms with Crippen LogP contribution in [-0.4, -0.2) is 28.4 Å². The first-order chi connectivity index (χ1) is 9.15. The van der Waals surface area contributed by atoms with Crippen molar-refractivity contribution in [3.05, 3.63) is 30.3 Å². The molecule has 0 amide bonds. The highest BCUT2D eigenvalue weighted by molar-refractivity contribution is 8.80. The Hall–Kier alpha value is 0. The van der Waals surface area contributed by atoms with Crippen LogP contribution in [0.1, 0.15) is 13.8 Å². The topological polar surface area (TPSA) is 18.8 Å². The molecule has 7 heteroatoms. The van der Waals surface area contributed by atoms with Gasteiger partial charge >= 0.3 is 0 Å². The van der Waals surface area contributed by atoms with Crippen LogP contribution < -0.4 is 4.78 Å². The molecule has 0 spiro atoms. The Balaban J connectivity index is 2.41. The van der Waals surface area contributed by atoms with Crippen molar-refractivity contribution >= 4 is 50.6 Å². The van der Waals surface area contributed by atoms with E-state index in [1.165, 1.54) is 0 Å². The van der Waals surface area contributed by atoms with Gasteiger partial charge in [0.25, 0.3) is 0 Å². The van der Waals surface area contributed by atoms with Gasteiger partial charge in [-0.05, 0) is 41.6 Å². The molecule has 0 saturated heterocycles. The van der Waals surface area contributed by atoms with Gasteiger partial charge in [-0.15, -0.1) is 11.8 Å². The lowest BCUT2D eigenvalue weighted by molar-refractivity contribution is 0.510. The van der Waals surface area contributed by atoms with Gasteiger partial charge in [-0.25, -0.2) is 4.78 Å². The summed E-state index contributed by atoms with van der Waals surface area (Å²) < 4.78 is 5.51. The van der Waals surface area contributed by atoms with Crippen LogP contribution >= 0.6 is 28.7 Å². The molecule has 1 aromatic carbocycles. The number of nitrogens with zero attached hydrogens (tertiary/aromatic N) is 3. The maximum Gasteiger partial charge on any atom is 0.182 e. The van der Waals surface area contributed by atoms with E-state index in [-0.39, 0.29) is 0 Å². The molecule has 1 unspecified atom stereocenters. The van der Waals surface area contributed by atoms with E-state index in [2.05, 4.69) is 41.7 Å². The molecule has 0 N–H and O–H groups in total. The molecule has 0 radical (unpaired) electrons. The minimum absolute atomic E-state index is 0.960. The third kappa shape index (κ3) is 3.03. The van der Waals surface area contributed by atoms with Crippen molar-refractivity contribution in [1.29, 1.82) is 0 Å². The molecule has 1 atom stereocenters. The Morgan fingerprint density at radius 3 is 2.47 bits per heavy atom. The van der Waals surface area contributed by atoms with Gasteiger partial charge in [-0.3, -0.25) is 4.67 Å². The predicted octanol–water partition coefficient (Wildman–Crippen LogP) is 4.44. The zero-order valence-electron chi connectivity index (χ0n) is 11.3. The van der Waals surface area contributed by atoms with Gasteiger partial charge < -0.3 is 0 Å². The normalized spacial score (nSPS) is 22.9. The van der Waals surface area contributed by atoms with E-state index in [0.717, 1.165) is 23.2 Å². The number of anilines is 1. The van der Waals surface area contributed by atoms with Crippen LogP contribution in [0.25, 0.3) is 0 Å². The number of hydrazone groups is 1. The number of hydrogen-bond acceptors (Lipinski definition) is 4. The Morgan fingerprint density at radius 1 is 1.32 bits per heavy atom. The molecule has 2 rings (SSSR count). The SMILES string of the molecule is CCN(CC)P1(=S)SC(SC)=NN1c1ccccc1. The Morgan fingerprint density at radius 2 is 1.95 bits per heavy atom. The largest absolute Gasteiger partial charge is 0.250 e. The maximum absolute atomic E-state index is 6.03. The molecule has 0 saturated carbocycles. The summed E-state index contributed by atoms with van der Waals surface area (Å²) in [5.41, 5.74) is -0.801. The zero-order chi connectivity index (χ0) is 13.9. The minimum atomic E-state index is -1.89. The number of para-hydroxylation sites is 1. The van der Waals surface area contributed by atoms with Gasteiger partial charge in [-0.2, -0.15) is 5.10 Å². The molecular formula is C12H18N3PS3. The number of benzene rings is 1. The molecule has 0 aromatic heterocycles. The molecule has 0 fully saturated rings. The fourth-order valence-corrected chi connectivity index (χ4v) is 10.7. The van der Waals surface area contributed by atoms with Crippen LogP contribution in [0.5, 0.6) is 0 Å². The first kappa shape index (κ1) is 15.4. The smallest absolute Gasteiger partial charge is 0.182 e. The van der Waals surface area contributed by atoms with E-state index in [0.29, 0.717) is 0 Å². The van der Waals surface area contributed by atoms with Crippen molar-refractivity contribution in [3.63, 3.8) is 0 Å². The second-order valence-corrected chi connectivity index (χ2v) is 11.8. The summed E-state index contributed by atoms with van der Waals surface area (Å²) >= 11 is 9.47. The van der Waals surface area contributed by atoms with Gasteiger partial charge in [0.15, 0.2) is 9.92 Å². The van der Waals surface area contributed by atoms with E-state index >= 15 is 0 Å². The van der Waals surface area contributed by atoms with Crippen molar-refractivity contribution in [3.8, 4) is 0 Å². The van der Waals surface area contributed by atoms with Crippen LogP contribution in [0.3, 0.4) is 0 Å². The van der Waals surface area contributed by atoms with Gasteiger partial charge in [0.1, 0.15) is 0 Å². The van der Waals surface area contributed by atoms with Crippen molar-refractivity contribution in [2.75, 3.05) is 24.1 Å². The van der Waals surface area contributed by atoms with Crippen molar-refractivity contribution in [2.45, 2.75) is 13.8 Å². The lowest BCUT2D eigenvalue weighted by Gasteiger charge is -2.34. The number of rotatable bonds is 4. The molecule has 1 aromatic rings. The van der Waals surface area contributed by atoms with Crippen LogP contribution in [0, 0.1) is 0 Å². The van der Waals surface area contributed by atoms with Crippen LogP contribution in [0.15, 0.2) is 35.4 Å². The lowest BCUT2D eigenvalue weighted by atomic mass is 10.3.